The number of hydrogen-bond donors (Lipinski definition) is 2. The lowest BCUT2D eigenvalue weighted by Gasteiger charge is -2.25. The van der Waals surface area contributed by atoms with Gasteiger partial charge < -0.3 is 10.1 Å². The summed E-state index contributed by atoms with van der Waals surface area (Å²) in [5.41, 5.74) is 0.451. The summed E-state index contributed by atoms with van der Waals surface area (Å²) >= 11 is 0. The van der Waals surface area contributed by atoms with E-state index in [9.17, 15) is 24.0 Å². The molecular weight excluding hydrogens is 390 g/mol. The van der Waals surface area contributed by atoms with Crippen LogP contribution in [-0.2, 0) is 14.3 Å². The average Bonchev–Trinajstić information content (AvgIpc) is 2.94. The van der Waals surface area contributed by atoms with Crippen LogP contribution >= 0.6 is 0 Å². The van der Waals surface area contributed by atoms with E-state index in [-0.39, 0.29) is 29.5 Å². The second kappa shape index (κ2) is 10.00. The van der Waals surface area contributed by atoms with Gasteiger partial charge in [-0.2, -0.15) is 0 Å². The van der Waals surface area contributed by atoms with E-state index in [4.69, 9.17) is 4.74 Å². The van der Waals surface area contributed by atoms with E-state index in [1.54, 1.807) is 19.1 Å². The minimum Gasteiger partial charge on any atom is -0.454 e. The molecule has 2 N–H and O–H groups in total. The lowest BCUT2D eigenvalue weighted by atomic mass is 10.0. The van der Waals surface area contributed by atoms with Crippen LogP contribution in [0.25, 0.3) is 0 Å². The molecule has 0 radical (unpaired) electrons. The van der Waals surface area contributed by atoms with Crippen LogP contribution in [0.15, 0.2) is 24.3 Å². The molecule has 9 nitrogen and oxygen atoms in total. The Morgan fingerprint density at radius 3 is 2.10 bits per heavy atom. The van der Waals surface area contributed by atoms with Crippen molar-refractivity contribution in [3.05, 3.63) is 35.4 Å². The molecule has 1 heterocycles. The molecule has 0 saturated carbocycles. The van der Waals surface area contributed by atoms with E-state index in [0.29, 0.717) is 6.42 Å². The van der Waals surface area contributed by atoms with Gasteiger partial charge in [0.1, 0.15) is 6.04 Å². The van der Waals surface area contributed by atoms with Gasteiger partial charge in [0, 0.05) is 6.04 Å². The van der Waals surface area contributed by atoms with Gasteiger partial charge >= 0.3 is 12.0 Å². The Morgan fingerprint density at radius 2 is 1.60 bits per heavy atom. The quantitative estimate of drug-likeness (QED) is 0.492. The number of nitrogens with zero attached hydrogens (tertiary/aromatic N) is 1. The maximum absolute atomic E-state index is 12.7. The number of hydrogen-bond acceptors (Lipinski definition) is 6. The second-order valence-electron chi connectivity index (χ2n) is 7.61. The molecule has 0 bridgehead atoms. The van der Waals surface area contributed by atoms with Gasteiger partial charge in [0.05, 0.1) is 11.1 Å². The fourth-order valence-electron chi connectivity index (χ4n) is 3.00. The Morgan fingerprint density at radius 1 is 1.03 bits per heavy atom. The summed E-state index contributed by atoms with van der Waals surface area (Å²) < 4.78 is 5.03. The maximum Gasteiger partial charge on any atom is 0.329 e. The number of nitrogens with one attached hydrogen (secondary N) is 2. The summed E-state index contributed by atoms with van der Waals surface area (Å²) in [6, 6.07) is 4.34. The molecule has 0 fully saturated rings. The molecule has 0 saturated heterocycles. The minimum atomic E-state index is -1.17. The van der Waals surface area contributed by atoms with E-state index in [0.717, 1.165) is 4.90 Å². The van der Waals surface area contributed by atoms with Gasteiger partial charge in [-0.1, -0.05) is 32.9 Å². The van der Waals surface area contributed by atoms with Crippen LogP contribution in [0.5, 0.6) is 0 Å². The molecule has 2 atom stereocenters. The third-order valence-electron chi connectivity index (χ3n) is 4.69. The van der Waals surface area contributed by atoms with Gasteiger partial charge in [0.25, 0.3) is 17.7 Å². The normalized spacial score (nSPS) is 14.9. The largest absolute Gasteiger partial charge is 0.454 e. The zero-order valence-corrected chi connectivity index (χ0v) is 17.6. The van der Waals surface area contributed by atoms with Gasteiger partial charge in [0.15, 0.2) is 6.61 Å². The molecular formula is C21H27N3O6. The van der Waals surface area contributed by atoms with Crippen LogP contribution in [0, 0.1) is 5.92 Å². The highest BCUT2D eigenvalue weighted by Crippen LogP contribution is 2.27. The fourth-order valence-corrected chi connectivity index (χ4v) is 3.00. The highest BCUT2D eigenvalue weighted by atomic mass is 16.5. The number of rotatable bonds is 8. The molecule has 5 amide bonds. The molecule has 2 rings (SSSR count). The molecule has 1 aromatic rings. The monoisotopic (exact) mass is 417 g/mol. The number of benzene rings is 1. The molecule has 162 valence electrons. The first-order chi connectivity index (χ1) is 14.1. The Labute approximate surface area is 175 Å². The van der Waals surface area contributed by atoms with Crippen LogP contribution in [0.1, 0.15) is 61.3 Å². The summed E-state index contributed by atoms with van der Waals surface area (Å²) in [4.78, 5) is 62.6. The third kappa shape index (κ3) is 5.43. The summed E-state index contributed by atoms with van der Waals surface area (Å²) in [5, 5.41) is 4.62. The van der Waals surface area contributed by atoms with Crippen molar-refractivity contribution in [3.63, 3.8) is 0 Å². The van der Waals surface area contributed by atoms with Crippen molar-refractivity contribution < 1.29 is 28.7 Å². The Bertz CT molecular complexity index is 816. The zero-order valence-electron chi connectivity index (χ0n) is 17.6. The number of urea groups is 1. The summed E-state index contributed by atoms with van der Waals surface area (Å²) in [5.74, 6) is -2.86. The Kier molecular flexibility index (Phi) is 7.68. The van der Waals surface area contributed by atoms with Crippen LogP contribution in [0.4, 0.5) is 4.79 Å². The summed E-state index contributed by atoms with van der Waals surface area (Å²) in [6.45, 7) is 6.63. The zero-order chi connectivity index (χ0) is 22.4. The summed E-state index contributed by atoms with van der Waals surface area (Å²) in [6.07, 6.45) is 0.869. The molecule has 9 heteroatoms. The average molecular weight is 417 g/mol. The Hall–Kier alpha value is -3.23. The molecule has 1 aromatic carbocycles. The van der Waals surface area contributed by atoms with Crippen LogP contribution < -0.4 is 10.6 Å². The number of imide groups is 2. The molecule has 0 spiro atoms. The summed E-state index contributed by atoms with van der Waals surface area (Å²) in [7, 11) is 0. The predicted molar refractivity (Wildman–Crippen MR) is 108 cm³/mol. The van der Waals surface area contributed by atoms with Crippen molar-refractivity contribution >= 4 is 29.7 Å². The topological polar surface area (TPSA) is 122 Å². The molecule has 1 aliphatic rings. The van der Waals surface area contributed by atoms with E-state index in [1.807, 2.05) is 20.8 Å². The number of fused-ring (bicyclic) bond motifs is 1. The van der Waals surface area contributed by atoms with Gasteiger partial charge in [0.2, 0.25) is 0 Å². The number of esters is 1. The van der Waals surface area contributed by atoms with Crippen LogP contribution in [0.2, 0.25) is 0 Å². The second-order valence-corrected chi connectivity index (χ2v) is 7.61. The predicted octanol–water partition coefficient (Wildman–Crippen LogP) is 1.86. The van der Waals surface area contributed by atoms with Crippen LogP contribution in [-0.4, -0.2) is 53.3 Å². The van der Waals surface area contributed by atoms with Gasteiger partial charge in [-0.05, 0) is 37.8 Å². The molecule has 0 aromatic heterocycles. The van der Waals surface area contributed by atoms with Gasteiger partial charge in [-0.3, -0.25) is 24.6 Å². The highest BCUT2D eigenvalue weighted by molar-refractivity contribution is 6.22. The Balaban J connectivity index is 2.05. The van der Waals surface area contributed by atoms with Gasteiger partial charge in [-0.15, -0.1) is 0 Å². The smallest absolute Gasteiger partial charge is 0.329 e. The van der Waals surface area contributed by atoms with Crippen molar-refractivity contribution in [1.82, 2.24) is 15.5 Å². The van der Waals surface area contributed by atoms with E-state index in [2.05, 4.69) is 10.6 Å². The van der Waals surface area contributed by atoms with Crippen molar-refractivity contribution in [2.45, 2.75) is 52.6 Å². The lowest BCUT2D eigenvalue weighted by Crippen LogP contribution is -2.48. The SMILES string of the molecule is CC[C@H](C)NC(=O)NC(=O)COC(=O)[C@@H](CC(C)C)N1C(=O)c2ccccc2C1=O. The first-order valence-corrected chi connectivity index (χ1v) is 9.89. The first kappa shape index (κ1) is 23.1. The van der Waals surface area contributed by atoms with Gasteiger partial charge in [-0.25, -0.2) is 9.59 Å². The standard InChI is InChI=1S/C21H27N3O6/c1-5-13(4)22-21(29)23-17(25)11-30-20(28)16(10-12(2)3)24-18(26)14-8-6-7-9-15(14)19(24)27/h6-9,12-13,16H,5,10-11H2,1-4H3,(H2,22,23,25,29)/t13-,16+/m0/s1. The molecule has 1 aliphatic heterocycles. The van der Waals surface area contributed by atoms with E-state index < -0.39 is 42.4 Å². The van der Waals surface area contributed by atoms with Crippen molar-refractivity contribution in [2.24, 2.45) is 5.92 Å². The number of carbonyl (C=O) groups is 5. The van der Waals surface area contributed by atoms with Crippen molar-refractivity contribution in [1.29, 1.82) is 0 Å². The van der Waals surface area contributed by atoms with Crippen molar-refractivity contribution in [3.8, 4) is 0 Å². The molecule has 0 aliphatic carbocycles. The number of carbonyl (C=O) groups excluding carboxylic acids is 5. The van der Waals surface area contributed by atoms with E-state index >= 15 is 0 Å². The third-order valence-corrected chi connectivity index (χ3v) is 4.69. The number of ether oxygens (including phenoxy) is 1. The molecule has 30 heavy (non-hydrogen) atoms. The maximum atomic E-state index is 12.7. The first-order valence-electron chi connectivity index (χ1n) is 9.89. The van der Waals surface area contributed by atoms with E-state index in [1.165, 1.54) is 12.1 Å². The number of amides is 5. The highest BCUT2D eigenvalue weighted by Gasteiger charge is 2.43. The fraction of sp³-hybridized carbons (Fsp3) is 0.476. The van der Waals surface area contributed by atoms with Crippen molar-refractivity contribution in [2.75, 3.05) is 6.61 Å². The van der Waals surface area contributed by atoms with Crippen LogP contribution in [0.3, 0.4) is 0 Å². The minimum absolute atomic E-state index is 0.0259. The molecule has 0 unspecified atom stereocenters. The lowest BCUT2D eigenvalue weighted by molar-refractivity contribution is -0.152.